The van der Waals surface area contributed by atoms with Gasteiger partial charge in [-0.05, 0) is 0 Å². The fourth-order valence-corrected chi connectivity index (χ4v) is 1.17. The predicted molar refractivity (Wildman–Crippen MR) is 31.0 cm³/mol. The molecule has 3 nitrogen and oxygen atoms in total. The van der Waals surface area contributed by atoms with Crippen LogP contribution in [0.1, 0.15) is 0 Å². The molecule has 48 valence electrons. The number of amides is 1. The Labute approximate surface area is 52.9 Å². The highest BCUT2D eigenvalue weighted by molar-refractivity contribution is 5.71. The third kappa shape index (κ3) is 0.542. The molecular formula is C6H7NO2. The summed E-state index contributed by atoms with van der Waals surface area (Å²) >= 11 is 0. The molecule has 1 amide bonds. The van der Waals surface area contributed by atoms with E-state index in [4.69, 9.17) is 4.74 Å². The standard InChI is InChI=1S/C6H7NO2/c8-6-7-3-1-2-5(7)4-9-6/h1-2,5H,3-4H2/t5-/m0/s1. The zero-order valence-corrected chi connectivity index (χ0v) is 4.91. The maximum atomic E-state index is 10.7. The molecule has 1 fully saturated rings. The molecule has 0 bridgehead atoms. The van der Waals surface area contributed by atoms with Crippen LogP contribution >= 0.6 is 0 Å². The van der Waals surface area contributed by atoms with Gasteiger partial charge in [0, 0.05) is 6.54 Å². The summed E-state index contributed by atoms with van der Waals surface area (Å²) in [5.41, 5.74) is 0. The molecule has 1 atom stereocenters. The number of carbonyl (C=O) groups excluding carboxylic acids is 1. The number of hydrogen-bond donors (Lipinski definition) is 0. The lowest BCUT2D eigenvalue weighted by molar-refractivity contribution is 0.161. The molecule has 2 aliphatic rings. The van der Waals surface area contributed by atoms with Gasteiger partial charge in [0.2, 0.25) is 0 Å². The van der Waals surface area contributed by atoms with Gasteiger partial charge in [-0.25, -0.2) is 4.79 Å². The molecule has 2 rings (SSSR count). The molecular weight excluding hydrogens is 118 g/mol. The number of cyclic esters (lactones) is 1. The Kier molecular flexibility index (Phi) is 0.806. The monoisotopic (exact) mass is 125 g/mol. The highest BCUT2D eigenvalue weighted by Gasteiger charge is 2.32. The molecule has 1 saturated heterocycles. The van der Waals surface area contributed by atoms with E-state index < -0.39 is 0 Å². The molecule has 9 heavy (non-hydrogen) atoms. The molecule has 0 aromatic rings. The maximum Gasteiger partial charge on any atom is 0.410 e. The molecule has 2 aliphatic heterocycles. The minimum Gasteiger partial charge on any atom is -0.447 e. The molecule has 0 aromatic carbocycles. The van der Waals surface area contributed by atoms with E-state index in [1.54, 1.807) is 4.90 Å². The Morgan fingerprint density at radius 2 is 2.67 bits per heavy atom. The molecule has 0 N–H and O–H groups in total. The number of hydrogen-bond acceptors (Lipinski definition) is 2. The van der Waals surface area contributed by atoms with Crippen molar-refractivity contribution in [3.63, 3.8) is 0 Å². The van der Waals surface area contributed by atoms with Gasteiger partial charge in [-0.2, -0.15) is 0 Å². The molecule has 0 unspecified atom stereocenters. The van der Waals surface area contributed by atoms with Crippen molar-refractivity contribution in [3.8, 4) is 0 Å². The summed E-state index contributed by atoms with van der Waals surface area (Å²) in [6.45, 7) is 1.26. The van der Waals surface area contributed by atoms with Crippen molar-refractivity contribution in [2.75, 3.05) is 13.2 Å². The first-order chi connectivity index (χ1) is 4.38. The van der Waals surface area contributed by atoms with Gasteiger partial charge in [-0.1, -0.05) is 12.2 Å². The first kappa shape index (κ1) is 4.85. The summed E-state index contributed by atoms with van der Waals surface area (Å²) in [7, 11) is 0. The van der Waals surface area contributed by atoms with Crippen LogP contribution in [0.4, 0.5) is 4.79 Å². The number of rotatable bonds is 0. The normalized spacial score (nSPS) is 30.9. The minimum absolute atomic E-state index is 0.176. The molecule has 2 heterocycles. The molecule has 0 saturated carbocycles. The Morgan fingerprint density at radius 1 is 1.78 bits per heavy atom. The van der Waals surface area contributed by atoms with Crippen LogP contribution in [0.3, 0.4) is 0 Å². The first-order valence-corrected chi connectivity index (χ1v) is 2.98. The lowest BCUT2D eigenvalue weighted by atomic mass is 10.3. The molecule has 0 aromatic heterocycles. The SMILES string of the molecule is O=C1OC[C@@H]2C=CCN12. The van der Waals surface area contributed by atoms with E-state index in [1.165, 1.54) is 0 Å². The molecule has 0 aliphatic carbocycles. The highest BCUT2D eigenvalue weighted by Crippen LogP contribution is 2.17. The minimum atomic E-state index is -0.176. The van der Waals surface area contributed by atoms with Crippen LogP contribution in [0, 0.1) is 0 Å². The number of carbonyl (C=O) groups is 1. The van der Waals surface area contributed by atoms with Crippen molar-refractivity contribution in [2.45, 2.75) is 6.04 Å². The van der Waals surface area contributed by atoms with Gasteiger partial charge >= 0.3 is 6.09 Å². The van der Waals surface area contributed by atoms with Gasteiger partial charge in [-0.15, -0.1) is 0 Å². The summed E-state index contributed by atoms with van der Waals surface area (Å²) < 4.78 is 4.76. The Bertz CT molecular complexity index is 176. The Balaban J connectivity index is 2.22. The quantitative estimate of drug-likeness (QED) is 0.438. The van der Waals surface area contributed by atoms with Crippen LogP contribution < -0.4 is 0 Å². The lowest BCUT2D eigenvalue weighted by Gasteiger charge is -2.08. The van der Waals surface area contributed by atoms with E-state index in [0.29, 0.717) is 6.61 Å². The van der Waals surface area contributed by atoms with Gasteiger partial charge in [0.1, 0.15) is 6.61 Å². The summed E-state index contributed by atoms with van der Waals surface area (Å²) in [5.74, 6) is 0. The molecule has 0 radical (unpaired) electrons. The average molecular weight is 125 g/mol. The van der Waals surface area contributed by atoms with Crippen LogP contribution in [-0.4, -0.2) is 30.2 Å². The fourth-order valence-electron chi connectivity index (χ4n) is 1.17. The lowest BCUT2D eigenvalue weighted by Crippen LogP contribution is -2.27. The van der Waals surface area contributed by atoms with Crippen molar-refractivity contribution in [1.29, 1.82) is 0 Å². The van der Waals surface area contributed by atoms with E-state index in [2.05, 4.69) is 0 Å². The van der Waals surface area contributed by atoms with Crippen LogP contribution in [-0.2, 0) is 4.74 Å². The number of ether oxygens (including phenoxy) is 1. The number of nitrogens with zero attached hydrogens (tertiary/aromatic N) is 1. The Hall–Kier alpha value is -0.990. The highest BCUT2D eigenvalue weighted by atomic mass is 16.6. The van der Waals surface area contributed by atoms with Crippen molar-refractivity contribution in [2.24, 2.45) is 0 Å². The third-order valence-electron chi connectivity index (χ3n) is 1.67. The van der Waals surface area contributed by atoms with Gasteiger partial charge in [0.05, 0.1) is 6.04 Å². The Morgan fingerprint density at radius 3 is 3.44 bits per heavy atom. The predicted octanol–water partition coefficient (Wildman–Crippen LogP) is 0.377. The zero-order chi connectivity index (χ0) is 6.27. The van der Waals surface area contributed by atoms with Crippen molar-refractivity contribution < 1.29 is 9.53 Å². The van der Waals surface area contributed by atoms with Gasteiger partial charge in [-0.3, -0.25) is 4.90 Å². The third-order valence-corrected chi connectivity index (χ3v) is 1.67. The molecule has 3 heteroatoms. The number of fused-ring (bicyclic) bond motifs is 1. The second kappa shape index (κ2) is 1.50. The van der Waals surface area contributed by atoms with Crippen LogP contribution in [0.15, 0.2) is 12.2 Å². The van der Waals surface area contributed by atoms with Crippen LogP contribution in [0.5, 0.6) is 0 Å². The fraction of sp³-hybridized carbons (Fsp3) is 0.500. The van der Waals surface area contributed by atoms with Gasteiger partial charge < -0.3 is 4.74 Å². The summed E-state index contributed by atoms with van der Waals surface area (Å²) in [6, 6.07) is 0.234. The van der Waals surface area contributed by atoms with Crippen LogP contribution in [0.25, 0.3) is 0 Å². The topological polar surface area (TPSA) is 29.5 Å². The molecule has 0 spiro atoms. The van der Waals surface area contributed by atoms with E-state index in [0.717, 1.165) is 6.54 Å². The second-order valence-electron chi connectivity index (χ2n) is 2.22. The van der Waals surface area contributed by atoms with E-state index in [-0.39, 0.29) is 12.1 Å². The smallest absolute Gasteiger partial charge is 0.410 e. The van der Waals surface area contributed by atoms with Crippen molar-refractivity contribution in [1.82, 2.24) is 4.90 Å². The van der Waals surface area contributed by atoms with Crippen molar-refractivity contribution in [3.05, 3.63) is 12.2 Å². The summed E-state index contributed by atoms with van der Waals surface area (Å²) in [5, 5.41) is 0. The van der Waals surface area contributed by atoms with E-state index in [1.807, 2.05) is 12.2 Å². The van der Waals surface area contributed by atoms with Crippen LogP contribution in [0.2, 0.25) is 0 Å². The first-order valence-electron chi connectivity index (χ1n) is 2.98. The van der Waals surface area contributed by atoms with Gasteiger partial charge in [0.15, 0.2) is 0 Å². The van der Waals surface area contributed by atoms with Gasteiger partial charge in [0.25, 0.3) is 0 Å². The average Bonchev–Trinajstić information content (AvgIpc) is 2.35. The van der Waals surface area contributed by atoms with E-state index in [9.17, 15) is 4.79 Å². The maximum absolute atomic E-state index is 10.7. The summed E-state index contributed by atoms with van der Waals surface area (Å²) in [6.07, 6.45) is 3.82. The van der Waals surface area contributed by atoms with Crippen molar-refractivity contribution >= 4 is 6.09 Å². The summed E-state index contributed by atoms with van der Waals surface area (Å²) in [4.78, 5) is 12.4. The largest absolute Gasteiger partial charge is 0.447 e. The van der Waals surface area contributed by atoms with E-state index >= 15 is 0 Å². The zero-order valence-electron chi connectivity index (χ0n) is 4.91. The second-order valence-corrected chi connectivity index (χ2v) is 2.22.